The van der Waals surface area contributed by atoms with Crippen LogP contribution in [0.3, 0.4) is 0 Å². The summed E-state index contributed by atoms with van der Waals surface area (Å²) >= 11 is 0. The molecule has 6 nitrogen and oxygen atoms in total. The van der Waals surface area contributed by atoms with Crippen molar-refractivity contribution in [1.29, 1.82) is 0 Å². The fourth-order valence-corrected chi connectivity index (χ4v) is 3.05. The first kappa shape index (κ1) is 22.0. The summed E-state index contributed by atoms with van der Waals surface area (Å²) in [5.74, 6) is 1.67. The first-order chi connectivity index (χ1) is 12.7. The van der Waals surface area contributed by atoms with Gasteiger partial charge in [-0.15, -0.1) is 24.0 Å². The van der Waals surface area contributed by atoms with Crippen molar-refractivity contribution in [2.45, 2.75) is 45.9 Å². The maximum atomic E-state index is 5.95. The smallest absolute Gasteiger partial charge is 0.191 e. The van der Waals surface area contributed by atoms with Gasteiger partial charge in [0.05, 0.1) is 19.3 Å². The SMILES string of the molecule is CCNC(=NCc1oc2ccccc2c1C)NC(C)COC1CCOC1.I. The molecule has 2 unspecified atom stereocenters. The summed E-state index contributed by atoms with van der Waals surface area (Å²) in [4.78, 5) is 4.68. The minimum atomic E-state index is 0. The van der Waals surface area contributed by atoms with Gasteiger partial charge in [-0.1, -0.05) is 18.2 Å². The zero-order chi connectivity index (χ0) is 18.4. The van der Waals surface area contributed by atoms with E-state index in [4.69, 9.17) is 13.9 Å². The number of furan rings is 1. The second-order valence-corrected chi connectivity index (χ2v) is 6.71. The summed E-state index contributed by atoms with van der Waals surface area (Å²) in [6.45, 7) is 9.66. The molecule has 0 radical (unpaired) electrons. The van der Waals surface area contributed by atoms with E-state index in [1.807, 2.05) is 18.2 Å². The van der Waals surface area contributed by atoms with E-state index < -0.39 is 0 Å². The summed E-state index contributed by atoms with van der Waals surface area (Å²) in [6.07, 6.45) is 1.20. The zero-order valence-corrected chi connectivity index (χ0v) is 18.6. The molecule has 0 bridgehead atoms. The molecule has 2 N–H and O–H groups in total. The van der Waals surface area contributed by atoms with Crippen molar-refractivity contribution in [1.82, 2.24) is 10.6 Å². The van der Waals surface area contributed by atoms with Gasteiger partial charge in [-0.3, -0.25) is 0 Å². The third-order valence-corrected chi connectivity index (χ3v) is 4.52. The Balaban J connectivity index is 0.00000261. The lowest BCUT2D eigenvalue weighted by atomic mass is 10.1. The number of hydrogen-bond acceptors (Lipinski definition) is 4. The Kier molecular flexibility index (Phi) is 8.85. The van der Waals surface area contributed by atoms with Crippen molar-refractivity contribution in [3.63, 3.8) is 0 Å². The maximum Gasteiger partial charge on any atom is 0.191 e. The van der Waals surface area contributed by atoms with Gasteiger partial charge in [0, 0.05) is 30.1 Å². The lowest BCUT2D eigenvalue weighted by Crippen LogP contribution is -2.44. The molecule has 0 aliphatic carbocycles. The Bertz CT molecular complexity index is 741. The Morgan fingerprint density at radius 3 is 2.89 bits per heavy atom. The monoisotopic (exact) mass is 487 g/mol. The van der Waals surface area contributed by atoms with Crippen molar-refractivity contribution < 1.29 is 13.9 Å². The first-order valence-electron chi connectivity index (χ1n) is 9.38. The summed E-state index contributed by atoms with van der Waals surface area (Å²) < 4.78 is 17.2. The maximum absolute atomic E-state index is 5.95. The molecule has 27 heavy (non-hydrogen) atoms. The topological polar surface area (TPSA) is 68.0 Å². The quantitative estimate of drug-likeness (QED) is 0.355. The van der Waals surface area contributed by atoms with Crippen molar-refractivity contribution >= 4 is 40.9 Å². The van der Waals surface area contributed by atoms with Gasteiger partial charge in [0.25, 0.3) is 0 Å². The molecule has 150 valence electrons. The predicted molar refractivity (Wildman–Crippen MR) is 119 cm³/mol. The number of rotatable bonds is 7. The molecule has 3 rings (SSSR count). The van der Waals surface area contributed by atoms with E-state index in [-0.39, 0.29) is 36.1 Å². The van der Waals surface area contributed by atoms with Gasteiger partial charge in [-0.05, 0) is 33.3 Å². The minimum Gasteiger partial charge on any atom is -0.459 e. The van der Waals surface area contributed by atoms with Crippen LogP contribution in [0.2, 0.25) is 0 Å². The largest absolute Gasteiger partial charge is 0.459 e. The Labute approximate surface area is 178 Å². The van der Waals surface area contributed by atoms with Crippen molar-refractivity contribution in [3.8, 4) is 0 Å². The van der Waals surface area contributed by atoms with Crippen molar-refractivity contribution in [2.75, 3.05) is 26.4 Å². The van der Waals surface area contributed by atoms with E-state index in [9.17, 15) is 0 Å². The van der Waals surface area contributed by atoms with E-state index >= 15 is 0 Å². The molecule has 1 fully saturated rings. The van der Waals surface area contributed by atoms with Crippen LogP contribution in [0, 0.1) is 6.92 Å². The van der Waals surface area contributed by atoms with Crippen LogP contribution < -0.4 is 10.6 Å². The van der Waals surface area contributed by atoms with Crippen LogP contribution in [0.25, 0.3) is 11.0 Å². The van der Waals surface area contributed by atoms with Gasteiger partial charge in [0.15, 0.2) is 5.96 Å². The standard InChI is InChI=1S/C20H29N3O3.HI/c1-4-21-20(23-14(2)12-25-16-9-10-24-13-16)22-11-19-15(3)17-7-5-6-8-18(17)26-19;/h5-8,14,16H,4,9-13H2,1-3H3,(H2,21,22,23);1H. The lowest BCUT2D eigenvalue weighted by Gasteiger charge is -2.19. The number of aliphatic imine (C=N–C) groups is 1. The fourth-order valence-electron chi connectivity index (χ4n) is 3.05. The van der Waals surface area contributed by atoms with Gasteiger partial charge < -0.3 is 24.5 Å². The number of halogens is 1. The zero-order valence-electron chi connectivity index (χ0n) is 16.3. The molecule has 2 heterocycles. The van der Waals surface area contributed by atoms with Gasteiger partial charge in [0.1, 0.15) is 17.9 Å². The molecule has 2 aromatic rings. The lowest BCUT2D eigenvalue weighted by molar-refractivity contribution is 0.0347. The number of aryl methyl sites for hydroxylation is 1. The van der Waals surface area contributed by atoms with E-state index in [0.717, 1.165) is 47.8 Å². The summed E-state index contributed by atoms with van der Waals surface area (Å²) in [5.41, 5.74) is 2.06. The molecule has 0 amide bonds. The van der Waals surface area contributed by atoms with Crippen LogP contribution >= 0.6 is 24.0 Å². The van der Waals surface area contributed by atoms with Crippen LogP contribution in [0.4, 0.5) is 0 Å². The molecule has 2 atom stereocenters. The number of para-hydroxylation sites is 1. The first-order valence-corrected chi connectivity index (χ1v) is 9.38. The molecule has 1 aromatic heterocycles. The summed E-state index contributed by atoms with van der Waals surface area (Å²) in [7, 11) is 0. The van der Waals surface area contributed by atoms with E-state index in [1.165, 1.54) is 0 Å². The second kappa shape index (κ2) is 10.9. The number of hydrogen-bond donors (Lipinski definition) is 2. The van der Waals surface area contributed by atoms with Crippen LogP contribution in [-0.2, 0) is 16.0 Å². The molecule has 1 aliphatic heterocycles. The van der Waals surface area contributed by atoms with Gasteiger partial charge >= 0.3 is 0 Å². The van der Waals surface area contributed by atoms with E-state index in [0.29, 0.717) is 19.8 Å². The highest BCUT2D eigenvalue weighted by Crippen LogP contribution is 2.25. The highest BCUT2D eigenvalue weighted by molar-refractivity contribution is 14.0. The third kappa shape index (κ3) is 6.08. The highest BCUT2D eigenvalue weighted by Gasteiger charge is 2.17. The average molecular weight is 487 g/mol. The number of fused-ring (bicyclic) bond motifs is 1. The van der Waals surface area contributed by atoms with Gasteiger partial charge in [0.2, 0.25) is 0 Å². The van der Waals surface area contributed by atoms with Crippen LogP contribution in [-0.4, -0.2) is 44.5 Å². The van der Waals surface area contributed by atoms with Gasteiger partial charge in [-0.2, -0.15) is 0 Å². The van der Waals surface area contributed by atoms with E-state index in [1.54, 1.807) is 0 Å². The normalized spacial score (nSPS) is 18.3. The van der Waals surface area contributed by atoms with Crippen molar-refractivity contribution in [2.24, 2.45) is 4.99 Å². The van der Waals surface area contributed by atoms with Crippen LogP contribution in [0.15, 0.2) is 33.7 Å². The Morgan fingerprint density at radius 2 is 2.19 bits per heavy atom. The molecule has 0 saturated carbocycles. The third-order valence-electron chi connectivity index (χ3n) is 4.52. The second-order valence-electron chi connectivity index (χ2n) is 6.71. The van der Waals surface area contributed by atoms with Gasteiger partial charge in [-0.25, -0.2) is 4.99 Å². The number of guanidine groups is 1. The number of nitrogens with one attached hydrogen (secondary N) is 2. The number of nitrogens with zero attached hydrogens (tertiary/aromatic N) is 1. The molecular formula is C20H30IN3O3. The highest BCUT2D eigenvalue weighted by atomic mass is 127. The van der Waals surface area contributed by atoms with Crippen LogP contribution in [0.1, 0.15) is 31.6 Å². The summed E-state index contributed by atoms with van der Waals surface area (Å²) in [5, 5.41) is 7.83. The fraction of sp³-hybridized carbons (Fsp3) is 0.550. The molecular weight excluding hydrogens is 457 g/mol. The summed E-state index contributed by atoms with van der Waals surface area (Å²) in [6, 6.07) is 8.24. The Hall–Kier alpha value is -1.32. The number of ether oxygens (including phenoxy) is 2. The van der Waals surface area contributed by atoms with E-state index in [2.05, 4.69) is 42.5 Å². The average Bonchev–Trinajstić information content (AvgIpc) is 3.27. The predicted octanol–water partition coefficient (Wildman–Crippen LogP) is 3.61. The molecule has 1 aliphatic rings. The minimum absolute atomic E-state index is 0. The molecule has 7 heteroatoms. The number of benzene rings is 1. The molecule has 1 saturated heterocycles. The van der Waals surface area contributed by atoms with Crippen LogP contribution in [0.5, 0.6) is 0 Å². The van der Waals surface area contributed by atoms with Crippen molar-refractivity contribution in [3.05, 3.63) is 35.6 Å². The molecule has 0 spiro atoms. The Morgan fingerprint density at radius 1 is 1.37 bits per heavy atom. The molecule has 1 aromatic carbocycles.